The molecule has 1 fully saturated rings. The Balaban J connectivity index is 2.16. The quantitative estimate of drug-likeness (QED) is 0.763. The van der Waals surface area contributed by atoms with Crippen LogP contribution >= 0.6 is 11.8 Å². The van der Waals surface area contributed by atoms with Crippen molar-refractivity contribution >= 4 is 23.7 Å². The van der Waals surface area contributed by atoms with E-state index in [0.29, 0.717) is 5.16 Å². The van der Waals surface area contributed by atoms with E-state index in [4.69, 9.17) is 9.84 Å². The number of methoxy groups -OCH3 is 1. The smallest absolute Gasteiger partial charge is 0.313 e. The zero-order chi connectivity index (χ0) is 15.2. The van der Waals surface area contributed by atoms with Crippen LogP contribution in [0.1, 0.15) is 26.2 Å². The molecule has 118 valence electrons. The van der Waals surface area contributed by atoms with E-state index < -0.39 is 5.97 Å². The Morgan fingerprint density at radius 2 is 2.33 bits per heavy atom. The largest absolute Gasteiger partial charge is 0.481 e. The van der Waals surface area contributed by atoms with E-state index in [1.165, 1.54) is 11.8 Å². The Hall–Kier alpha value is -1.28. The summed E-state index contributed by atoms with van der Waals surface area (Å²) in [5.74, 6) is -0.0146. The van der Waals surface area contributed by atoms with Crippen LogP contribution in [0.4, 0.5) is 5.95 Å². The summed E-state index contributed by atoms with van der Waals surface area (Å²) < 4.78 is 7.47. The molecule has 0 radical (unpaired) electrons. The van der Waals surface area contributed by atoms with Gasteiger partial charge in [-0.2, -0.15) is 0 Å². The van der Waals surface area contributed by atoms with Gasteiger partial charge in [-0.25, -0.2) is 0 Å². The first-order chi connectivity index (χ1) is 10.2. The molecule has 0 saturated carbocycles. The van der Waals surface area contributed by atoms with E-state index in [0.717, 1.165) is 44.8 Å². The monoisotopic (exact) mass is 314 g/mol. The minimum Gasteiger partial charge on any atom is -0.481 e. The van der Waals surface area contributed by atoms with Crippen molar-refractivity contribution in [2.45, 2.75) is 44.0 Å². The number of thioether (sulfide) groups is 1. The molecule has 2 rings (SSSR count). The van der Waals surface area contributed by atoms with E-state index in [1.54, 1.807) is 7.11 Å². The molecule has 0 amide bonds. The third kappa shape index (κ3) is 4.10. The molecular weight excluding hydrogens is 292 g/mol. The average molecular weight is 314 g/mol. The lowest BCUT2D eigenvalue weighted by molar-refractivity contribution is -0.133. The van der Waals surface area contributed by atoms with Crippen molar-refractivity contribution in [3.8, 4) is 0 Å². The Labute approximate surface area is 128 Å². The number of hydrogen-bond acceptors (Lipinski definition) is 6. The predicted octanol–water partition coefficient (Wildman–Crippen LogP) is 1.48. The highest BCUT2D eigenvalue weighted by Gasteiger charge is 2.25. The van der Waals surface area contributed by atoms with Crippen LogP contribution in [-0.4, -0.2) is 57.9 Å². The number of rotatable bonds is 7. The molecule has 8 heteroatoms. The molecule has 1 N–H and O–H groups in total. The van der Waals surface area contributed by atoms with Gasteiger partial charge >= 0.3 is 5.97 Å². The Morgan fingerprint density at radius 1 is 1.52 bits per heavy atom. The third-order valence-corrected chi connectivity index (χ3v) is 4.42. The first kappa shape index (κ1) is 16.1. The van der Waals surface area contributed by atoms with E-state index in [1.807, 2.05) is 4.57 Å². The summed E-state index contributed by atoms with van der Waals surface area (Å²) in [6.45, 7) is 4.62. The number of ether oxygens (including phenoxy) is 1. The number of piperidine rings is 1. The van der Waals surface area contributed by atoms with Gasteiger partial charge in [0.25, 0.3) is 0 Å². The first-order valence-electron chi connectivity index (χ1n) is 7.21. The molecule has 21 heavy (non-hydrogen) atoms. The van der Waals surface area contributed by atoms with Gasteiger partial charge in [0.05, 0.1) is 11.9 Å². The van der Waals surface area contributed by atoms with Crippen molar-refractivity contribution in [3.05, 3.63) is 0 Å². The van der Waals surface area contributed by atoms with Gasteiger partial charge in [-0.15, -0.1) is 10.2 Å². The molecule has 1 aromatic rings. The Kier molecular flexibility index (Phi) is 5.86. The van der Waals surface area contributed by atoms with Gasteiger partial charge < -0.3 is 14.7 Å². The second-order valence-electron chi connectivity index (χ2n) is 5.06. The molecular formula is C13H22N4O3S. The predicted molar refractivity (Wildman–Crippen MR) is 80.9 cm³/mol. The van der Waals surface area contributed by atoms with Crippen LogP contribution in [0.3, 0.4) is 0 Å². The van der Waals surface area contributed by atoms with E-state index in [-0.39, 0.29) is 11.9 Å². The number of anilines is 1. The molecule has 1 aliphatic heterocycles. The van der Waals surface area contributed by atoms with Crippen LogP contribution in [0.5, 0.6) is 0 Å². The van der Waals surface area contributed by atoms with Crippen LogP contribution in [0, 0.1) is 0 Å². The number of nitrogens with zero attached hydrogens (tertiary/aromatic N) is 4. The maximum atomic E-state index is 10.7. The summed E-state index contributed by atoms with van der Waals surface area (Å²) in [5.41, 5.74) is 0. The summed E-state index contributed by atoms with van der Waals surface area (Å²) in [4.78, 5) is 12.9. The average Bonchev–Trinajstić information content (AvgIpc) is 2.88. The normalized spacial score (nSPS) is 19.0. The molecule has 2 heterocycles. The van der Waals surface area contributed by atoms with Crippen LogP contribution < -0.4 is 4.90 Å². The third-order valence-electron chi connectivity index (χ3n) is 3.46. The maximum Gasteiger partial charge on any atom is 0.313 e. The van der Waals surface area contributed by atoms with Crippen molar-refractivity contribution in [2.75, 3.05) is 30.9 Å². The number of aromatic nitrogens is 3. The highest BCUT2D eigenvalue weighted by atomic mass is 32.2. The Morgan fingerprint density at radius 3 is 3.00 bits per heavy atom. The molecule has 1 aliphatic rings. The standard InChI is InChI=1S/C13H22N4O3S/c1-3-6-17-12(14-15-13(17)21-9-11(18)19)16-7-4-5-10(8-16)20-2/h10H,3-9H2,1-2H3,(H,18,19). The topological polar surface area (TPSA) is 80.5 Å². The lowest BCUT2D eigenvalue weighted by Crippen LogP contribution is -2.40. The van der Waals surface area contributed by atoms with Crippen molar-refractivity contribution in [3.63, 3.8) is 0 Å². The van der Waals surface area contributed by atoms with Gasteiger partial charge in [0.15, 0.2) is 5.16 Å². The van der Waals surface area contributed by atoms with Gasteiger partial charge in [0, 0.05) is 26.7 Å². The van der Waals surface area contributed by atoms with Crippen molar-refractivity contribution in [1.82, 2.24) is 14.8 Å². The molecule has 1 unspecified atom stereocenters. The summed E-state index contributed by atoms with van der Waals surface area (Å²) in [6, 6.07) is 0. The molecule has 0 bridgehead atoms. The van der Waals surface area contributed by atoms with Gasteiger partial charge in [0.1, 0.15) is 0 Å². The lowest BCUT2D eigenvalue weighted by atomic mass is 10.1. The second-order valence-corrected chi connectivity index (χ2v) is 6.01. The van der Waals surface area contributed by atoms with Crippen LogP contribution in [0.25, 0.3) is 0 Å². The van der Waals surface area contributed by atoms with Crippen LogP contribution in [0.2, 0.25) is 0 Å². The second kappa shape index (κ2) is 7.65. The number of aliphatic carboxylic acids is 1. The van der Waals surface area contributed by atoms with E-state index >= 15 is 0 Å². The highest BCUT2D eigenvalue weighted by Crippen LogP contribution is 2.25. The summed E-state index contributed by atoms with van der Waals surface area (Å²) in [5, 5.41) is 17.9. The van der Waals surface area contributed by atoms with Gasteiger partial charge in [-0.05, 0) is 19.3 Å². The number of hydrogen-bond donors (Lipinski definition) is 1. The van der Waals surface area contributed by atoms with Crippen molar-refractivity contribution < 1.29 is 14.6 Å². The maximum absolute atomic E-state index is 10.7. The van der Waals surface area contributed by atoms with Crippen molar-refractivity contribution in [2.24, 2.45) is 0 Å². The first-order valence-corrected chi connectivity index (χ1v) is 8.19. The summed E-state index contributed by atoms with van der Waals surface area (Å²) in [7, 11) is 1.74. The Bertz CT molecular complexity index is 480. The SMILES string of the molecule is CCCn1c(SCC(=O)O)nnc1N1CCCC(OC)C1. The van der Waals surface area contributed by atoms with Crippen LogP contribution in [-0.2, 0) is 16.1 Å². The molecule has 0 aliphatic carbocycles. The molecule has 1 aromatic heterocycles. The summed E-state index contributed by atoms with van der Waals surface area (Å²) >= 11 is 1.22. The van der Waals surface area contributed by atoms with Crippen molar-refractivity contribution in [1.29, 1.82) is 0 Å². The zero-order valence-corrected chi connectivity index (χ0v) is 13.3. The lowest BCUT2D eigenvalue weighted by Gasteiger charge is -2.32. The number of carboxylic acid groups (broad SMARTS) is 1. The highest BCUT2D eigenvalue weighted by molar-refractivity contribution is 7.99. The molecule has 0 aromatic carbocycles. The fourth-order valence-electron chi connectivity index (χ4n) is 2.48. The zero-order valence-electron chi connectivity index (χ0n) is 12.5. The fraction of sp³-hybridized carbons (Fsp3) is 0.769. The van der Waals surface area contributed by atoms with E-state index in [2.05, 4.69) is 22.0 Å². The number of carbonyl (C=O) groups is 1. The minimum absolute atomic E-state index is 0.00252. The molecule has 1 atom stereocenters. The molecule has 0 spiro atoms. The fourth-order valence-corrected chi connectivity index (χ4v) is 3.16. The molecule has 7 nitrogen and oxygen atoms in total. The number of carboxylic acids is 1. The van der Waals surface area contributed by atoms with E-state index in [9.17, 15) is 4.79 Å². The van der Waals surface area contributed by atoms with Gasteiger partial charge in [0.2, 0.25) is 5.95 Å². The van der Waals surface area contributed by atoms with Gasteiger partial charge in [-0.1, -0.05) is 18.7 Å². The summed E-state index contributed by atoms with van der Waals surface area (Å²) in [6.07, 6.45) is 3.30. The van der Waals surface area contributed by atoms with Gasteiger partial charge in [-0.3, -0.25) is 9.36 Å². The minimum atomic E-state index is -0.843. The molecule has 1 saturated heterocycles. The van der Waals surface area contributed by atoms with Crippen LogP contribution in [0.15, 0.2) is 5.16 Å².